The largest absolute Gasteiger partial charge is 0.479 e. The predicted molar refractivity (Wildman–Crippen MR) is 303 cm³/mol. The Morgan fingerprint density at radius 3 is 1.26 bits per heavy atom. The molecule has 0 aromatic heterocycles. The second-order valence-corrected chi connectivity index (χ2v) is 23.8. The zero-order valence-corrected chi connectivity index (χ0v) is 50.2. The number of unbranched alkanes of at least 4 members (excludes halogenated alkanes) is 24. The number of aliphatic hydroxyl groups is 14. The van der Waals surface area contributed by atoms with E-state index in [4.69, 9.17) is 37.9 Å². The highest BCUT2D eigenvalue weighted by Gasteiger charge is 2.55. The van der Waals surface area contributed by atoms with E-state index in [-0.39, 0.29) is 12.8 Å². The van der Waals surface area contributed by atoms with Gasteiger partial charge in [0.1, 0.15) is 97.7 Å². The highest BCUT2D eigenvalue weighted by molar-refractivity contribution is 5.80. The van der Waals surface area contributed by atoms with E-state index < -0.39 is 179 Å². The summed E-state index contributed by atoms with van der Waals surface area (Å²) in [6, 6.07) is -1.18. The molecule has 23 atom stereocenters. The van der Waals surface area contributed by atoms with Crippen LogP contribution < -0.4 is 5.32 Å². The number of aliphatic hydroxyl groups excluding tert-OH is 14. The molecule has 4 rings (SSSR count). The second kappa shape index (κ2) is 41.4. The lowest BCUT2D eigenvalue weighted by Crippen LogP contribution is -2.66. The molecule has 4 heterocycles. The first-order valence-electron chi connectivity index (χ1n) is 31.9. The zero-order chi connectivity index (χ0) is 62.4. The molecule has 4 fully saturated rings. The molecule has 4 aliphatic heterocycles. The maximum absolute atomic E-state index is 13.4. The number of ether oxygens (including phenoxy) is 8. The Morgan fingerprint density at radius 2 is 0.800 bits per heavy atom. The van der Waals surface area contributed by atoms with Crippen molar-refractivity contribution >= 4 is 11.9 Å². The summed E-state index contributed by atoms with van der Waals surface area (Å²) in [6.07, 6.45) is -11.4. The maximum atomic E-state index is 13.4. The molecule has 0 spiro atoms. The van der Waals surface area contributed by atoms with Crippen LogP contribution in [0.5, 0.6) is 0 Å². The first-order chi connectivity index (χ1) is 40.8. The van der Waals surface area contributed by atoms with Gasteiger partial charge in [-0.1, -0.05) is 181 Å². The lowest BCUT2D eigenvalue weighted by Gasteiger charge is -2.47. The summed E-state index contributed by atoms with van der Waals surface area (Å²) in [7, 11) is 0. The smallest absolute Gasteiger partial charge is 0.335 e. The van der Waals surface area contributed by atoms with E-state index in [0.717, 1.165) is 57.8 Å². The van der Waals surface area contributed by atoms with Gasteiger partial charge in [-0.15, -0.1) is 0 Å². The minimum atomic E-state index is -2.18. The normalized spacial score (nSPS) is 34.7. The van der Waals surface area contributed by atoms with Crippen LogP contribution in [0.1, 0.15) is 194 Å². The minimum absolute atomic E-state index is 0.177. The number of rotatable bonds is 44. The molecule has 26 heteroatoms. The van der Waals surface area contributed by atoms with E-state index in [1.54, 1.807) is 0 Å². The molecule has 0 aromatic rings. The van der Waals surface area contributed by atoms with Gasteiger partial charge >= 0.3 is 5.97 Å². The maximum Gasteiger partial charge on any atom is 0.335 e. The molecule has 26 nitrogen and oxygen atoms in total. The van der Waals surface area contributed by atoms with Crippen LogP contribution in [0, 0.1) is 0 Å². The molecule has 0 saturated carbocycles. The molecule has 1 amide bonds. The number of amides is 1. The van der Waals surface area contributed by atoms with Gasteiger partial charge in [-0.05, 0) is 12.8 Å². The molecule has 4 aliphatic rings. The Bertz CT molecular complexity index is 1760. The number of carboxylic acids is 1. The molecule has 0 aromatic carbocycles. The van der Waals surface area contributed by atoms with Crippen LogP contribution in [-0.4, -0.2) is 256 Å². The zero-order valence-electron chi connectivity index (χ0n) is 50.2. The number of carboxylic acid groups (broad SMARTS) is 1. The summed E-state index contributed by atoms with van der Waals surface area (Å²) in [5.41, 5.74) is 0. The van der Waals surface area contributed by atoms with Crippen LogP contribution in [0.4, 0.5) is 0 Å². The van der Waals surface area contributed by atoms with Gasteiger partial charge in [-0.2, -0.15) is 0 Å². The molecule has 85 heavy (non-hydrogen) atoms. The number of hydrogen-bond donors (Lipinski definition) is 16. The van der Waals surface area contributed by atoms with Crippen molar-refractivity contribution in [1.29, 1.82) is 0 Å². The van der Waals surface area contributed by atoms with Crippen molar-refractivity contribution in [2.75, 3.05) is 26.4 Å². The lowest BCUT2D eigenvalue weighted by molar-refractivity contribution is -0.371. The third kappa shape index (κ3) is 24.7. The van der Waals surface area contributed by atoms with E-state index in [9.17, 15) is 86.2 Å². The Hall–Kier alpha value is -1.94. The first kappa shape index (κ1) is 75.5. The number of aliphatic carboxylic acids is 1. The fourth-order valence-electron chi connectivity index (χ4n) is 11.3. The summed E-state index contributed by atoms with van der Waals surface area (Å²) in [6.45, 7) is 1.30. The SMILES string of the molecule is CCCCCCCCCCCCCCCC(O)C(CO[C@H]1O[C@H](C(=O)O)[C@@H](O[C@H]2O[C@H](CO[C@@H]3O[C@@H](CO)[C@H](O[C@@H]4O[C@@H](CO)[C@H](O)[C@@H](O)[C@@H]4O)[C@@H](O)[C@@H]3O)[C@@H](O)[C@H](O)[C@H]2O)[C@H](O)[C@H]1O)NC(=O)[C@@H](O)CCCCCCCCCCCCCCC. The molecule has 4 saturated heterocycles. The average molecular weight is 1230 g/mol. The van der Waals surface area contributed by atoms with E-state index >= 15 is 0 Å². The van der Waals surface area contributed by atoms with Gasteiger partial charge in [0.15, 0.2) is 31.3 Å². The molecule has 2 unspecified atom stereocenters. The van der Waals surface area contributed by atoms with E-state index in [2.05, 4.69) is 19.2 Å². The monoisotopic (exact) mass is 1230 g/mol. The number of nitrogens with one attached hydrogen (secondary N) is 1. The topological polar surface area (TPSA) is 423 Å². The first-order valence-corrected chi connectivity index (χ1v) is 31.9. The van der Waals surface area contributed by atoms with Gasteiger partial charge < -0.3 is 120 Å². The molecule has 0 radical (unpaired) electrons. The summed E-state index contributed by atoms with van der Waals surface area (Å²) < 4.78 is 44.8. The van der Waals surface area contributed by atoms with Gasteiger partial charge in [-0.3, -0.25) is 4.79 Å². The van der Waals surface area contributed by atoms with Crippen molar-refractivity contribution in [2.45, 2.75) is 335 Å². The predicted octanol–water partition coefficient (Wildman–Crippen LogP) is 0.537. The van der Waals surface area contributed by atoms with Crippen LogP contribution >= 0.6 is 0 Å². The summed E-state index contributed by atoms with van der Waals surface area (Å²) in [5.74, 6) is -2.52. The van der Waals surface area contributed by atoms with Crippen molar-refractivity contribution in [3.63, 3.8) is 0 Å². The molecule has 0 bridgehead atoms. The van der Waals surface area contributed by atoms with Gasteiger partial charge in [0, 0.05) is 0 Å². The molecule has 0 aliphatic carbocycles. The third-order valence-corrected chi connectivity index (χ3v) is 16.9. The Balaban J connectivity index is 1.33. The highest BCUT2D eigenvalue weighted by Crippen LogP contribution is 2.33. The summed E-state index contributed by atoms with van der Waals surface area (Å²) in [5, 5.41) is 163. The molecule has 16 N–H and O–H groups in total. The van der Waals surface area contributed by atoms with Crippen molar-refractivity contribution in [3.8, 4) is 0 Å². The van der Waals surface area contributed by atoms with E-state index in [1.165, 1.54) is 96.3 Å². The van der Waals surface area contributed by atoms with E-state index in [1.807, 2.05) is 0 Å². The highest BCUT2D eigenvalue weighted by atomic mass is 16.8. The number of carbonyl (C=O) groups is 2. The van der Waals surface area contributed by atoms with Crippen LogP contribution in [0.2, 0.25) is 0 Å². The third-order valence-electron chi connectivity index (χ3n) is 16.9. The number of hydrogen-bond acceptors (Lipinski definition) is 24. The summed E-state index contributed by atoms with van der Waals surface area (Å²) in [4.78, 5) is 26.2. The standard InChI is InChI=1S/C59H109NO25/c1-3-5-7-9-11-13-15-17-19-21-23-25-27-29-36(63)35(60-54(75)37(64)30-28-26-24-22-20-18-16-14-12-10-8-6-4-2)33-78-57-50(74)46(70)52(53(85-57)55(76)77)84-59-48(72)44(68)42(66)40(82-59)34-79-56-49(73)45(69)51(39(32-62)81-56)83-58-47(71)43(67)41(65)38(31-61)80-58/h35-53,56-59,61-74H,3-34H2,1-2H3,(H,60,75)(H,76,77)/t35?,36?,37-,38-,39-,40+,41-,42+,43+,44-,45-,46+,47-,48+,49-,50+,51-,52-,53-,56+,57-,58-,59+/m0/s1. The minimum Gasteiger partial charge on any atom is -0.479 e. The molecule has 500 valence electrons. The van der Waals surface area contributed by atoms with Crippen LogP contribution in [0.25, 0.3) is 0 Å². The van der Waals surface area contributed by atoms with Crippen molar-refractivity contribution < 1.29 is 124 Å². The van der Waals surface area contributed by atoms with Gasteiger partial charge in [0.2, 0.25) is 5.91 Å². The fraction of sp³-hybridized carbons (Fsp3) is 0.966. The Labute approximate surface area is 501 Å². The van der Waals surface area contributed by atoms with Crippen molar-refractivity contribution in [2.24, 2.45) is 0 Å². The van der Waals surface area contributed by atoms with Crippen molar-refractivity contribution in [3.05, 3.63) is 0 Å². The van der Waals surface area contributed by atoms with Gasteiger partial charge in [0.05, 0.1) is 38.6 Å². The second-order valence-electron chi connectivity index (χ2n) is 23.8. The van der Waals surface area contributed by atoms with Crippen LogP contribution in [-0.2, 0) is 47.5 Å². The fourth-order valence-corrected chi connectivity index (χ4v) is 11.3. The molecular formula is C59H109NO25. The van der Waals surface area contributed by atoms with Gasteiger partial charge in [-0.25, -0.2) is 4.79 Å². The molecular weight excluding hydrogens is 1120 g/mol. The number of carbonyl (C=O) groups excluding carboxylic acids is 1. The Morgan fingerprint density at radius 1 is 0.424 bits per heavy atom. The van der Waals surface area contributed by atoms with Crippen LogP contribution in [0.15, 0.2) is 0 Å². The Kier molecular flexibility index (Phi) is 36.8. The summed E-state index contributed by atoms with van der Waals surface area (Å²) >= 11 is 0. The van der Waals surface area contributed by atoms with Crippen LogP contribution in [0.3, 0.4) is 0 Å². The quantitative estimate of drug-likeness (QED) is 0.0370. The van der Waals surface area contributed by atoms with E-state index in [0.29, 0.717) is 12.8 Å². The average Bonchev–Trinajstić information content (AvgIpc) is 2.01. The van der Waals surface area contributed by atoms with Gasteiger partial charge in [0.25, 0.3) is 0 Å². The van der Waals surface area contributed by atoms with Crippen molar-refractivity contribution in [1.82, 2.24) is 5.32 Å². The lowest BCUT2D eigenvalue weighted by atomic mass is 9.96.